The second kappa shape index (κ2) is 7.62. The number of alkyl halides is 2. The van der Waals surface area contributed by atoms with Crippen molar-refractivity contribution in [2.75, 3.05) is 6.61 Å². The maximum Gasteiger partial charge on any atom is 0.443 e. The number of rotatable bonds is 7. The fourth-order valence-corrected chi connectivity index (χ4v) is 5.83. The number of nitrogens with two attached hydrogens (primary N) is 1. The Kier molecular flexibility index (Phi) is 6.05. The molecule has 2 saturated heterocycles. The molecule has 3 unspecified atom stereocenters. The van der Waals surface area contributed by atoms with Crippen LogP contribution in [0.15, 0.2) is 5.38 Å². The molecule has 0 bridgehead atoms. The Balaban J connectivity index is 1.81. The minimum absolute atomic E-state index is 0.0332. The maximum atomic E-state index is 13.6. The standard InChI is InChI=1S/C13H18F2N2O10P2S/c1-12(2)26-7-6(3-24-29(22,23)13(14,15)28(19,20)21)25-9(8(7)27-12)11-17-5(4-30-11)10(16)18/h4,6-9H,3H2,1-2H3,(H2,16,18)(H,22,23)(H2,19,20,21)/t6-,7?,8?,9-/m1/s1. The number of carbonyl (C=O) groups excluding carboxylic acids is 1. The molecule has 30 heavy (non-hydrogen) atoms. The molecule has 2 aliphatic rings. The Bertz CT molecular complexity index is 937. The first-order valence-corrected chi connectivity index (χ1v) is 12.3. The molecule has 3 rings (SSSR count). The van der Waals surface area contributed by atoms with Crippen molar-refractivity contribution in [2.45, 2.75) is 49.5 Å². The van der Waals surface area contributed by atoms with Crippen LogP contribution in [0.2, 0.25) is 0 Å². The van der Waals surface area contributed by atoms with Crippen LogP contribution < -0.4 is 5.73 Å². The molecule has 170 valence electrons. The number of fused-ring (bicyclic) bond motifs is 1. The highest BCUT2D eigenvalue weighted by Crippen LogP contribution is 2.73. The number of amides is 1. The normalized spacial score (nSPS) is 30.8. The molecule has 1 aromatic rings. The van der Waals surface area contributed by atoms with Crippen molar-refractivity contribution in [3.63, 3.8) is 0 Å². The maximum absolute atomic E-state index is 13.6. The minimum atomic E-state index is -6.28. The van der Waals surface area contributed by atoms with Crippen LogP contribution in [0, 0.1) is 0 Å². The largest absolute Gasteiger partial charge is 0.443 e. The van der Waals surface area contributed by atoms with Gasteiger partial charge in [-0.2, -0.15) is 8.78 Å². The minimum Gasteiger partial charge on any atom is -0.364 e. The Morgan fingerprint density at radius 2 is 1.93 bits per heavy atom. The molecule has 5 atom stereocenters. The number of aromatic nitrogens is 1. The Morgan fingerprint density at radius 1 is 1.33 bits per heavy atom. The molecule has 1 aromatic heterocycles. The van der Waals surface area contributed by atoms with Crippen molar-refractivity contribution in [1.82, 2.24) is 4.98 Å². The topological polar surface area (TPSA) is 188 Å². The summed E-state index contributed by atoms with van der Waals surface area (Å²) < 4.78 is 71.3. The monoisotopic (exact) mass is 494 g/mol. The molecule has 12 nitrogen and oxygen atoms in total. The van der Waals surface area contributed by atoms with Gasteiger partial charge in [0.05, 0.1) is 6.61 Å². The third-order valence-corrected chi connectivity index (χ3v) is 8.60. The summed E-state index contributed by atoms with van der Waals surface area (Å²) in [6, 6.07) is 0. The van der Waals surface area contributed by atoms with Gasteiger partial charge in [-0.05, 0) is 13.8 Å². The van der Waals surface area contributed by atoms with Crippen molar-refractivity contribution >= 4 is 32.4 Å². The molecule has 0 saturated carbocycles. The van der Waals surface area contributed by atoms with Crippen LogP contribution in [-0.4, -0.2) is 61.7 Å². The number of ether oxygens (including phenoxy) is 3. The fraction of sp³-hybridized carbons (Fsp3) is 0.692. The van der Waals surface area contributed by atoms with Crippen molar-refractivity contribution in [3.8, 4) is 0 Å². The lowest BCUT2D eigenvalue weighted by Crippen LogP contribution is -2.33. The van der Waals surface area contributed by atoms with Gasteiger partial charge >= 0.3 is 20.6 Å². The first-order valence-electron chi connectivity index (χ1n) is 8.23. The molecule has 1 amide bonds. The summed E-state index contributed by atoms with van der Waals surface area (Å²) in [5, 5.41) is -3.67. The SMILES string of the molecule is CC1(C)OC2C(O1)[C@H](c1nc(C(N)=O)cs1)O[C@@H]2COP(=O)(O)C(F)(F)P(=O)(O)O. The van der Waals surface area contributed by atoms with Gasteiger partial charge in [0.25, 0.3) is 5.91 Å². The van der Waals surface area contributed by atoms with Gasteiger partial charge in [0.15, 0.2) is 5.79 Å². The molecular weight excluding hydrogens is 476 g/mol. The van der Waals surface area contributed by atoms with Crippen molar-refractivity contribution < 1.29 is 56.1 Å². The van der Waals surface area contributed by atoms with E-state index in [1.807, 2.05) is 0 Å². The van der Waals surface area contributed by atoms with Gasteiger partial charge in [0.1, 0.15) is 35.1 Å². The highest BCUT2D eigenvalue weighted by atomic mass is 32.1. The number of carbonyl (C=O) groups is 1. The van der Waals surface area contributed by atoms with Crippen LogP contribution in [0.3, 0.4) is 0 Å². The van der Waals surface area contributed by atoms with Crippen molar-refractivity contribution in [3.05, 3.63) is 16.1 Å². The lowest BCUT2D eigenvalue weighted by atomic mass is 10.1. The smallest absolute Gasteiger partial charge is 0.364 e. The third-order valence-electron chi connectivity index (χ3n) is 4.27. The first kappa shape index (κ1) is 23.8. The molecule has 2 fully saturated rings. The zero-order valence-electron chi connectivity index (χ0n) is 15.4. The Morgan fingerprint density at radius 3 is 2.47 bits per heavy atom. The molecule has 0 aliphatic carbocycles. The Labute approximate surface area is 172 Å². The molecule has 17 heteroatoms. The second-order valence-corrected chi connectivity index (χ2v) is 11.7. The van der Waals surface area contributed by atoms with Gasteiger partial charge in [0, 0.05) is 5.38 Å². The van der Waals surface area contributed by atoms with Crippen molar-refractivity contribution in [1.29, 1.82) is 0 Å². The quantitative estimate of drug-likeness (QED) is 0.398. The average Bonchev–Trinajstić information content (AvgIpc) is 3.25. The lowest BCUT2D eigenvalue weighted by molar-refractivity contribution is -0.190. The van der Waals surface area contributed by atoms with Crippen LogP contribution in [0.4, 0.5) is 8.78 Å². The van der Waals surface area contributed by atoms with E-state index in [2.05, 4.69) is 9.51 Å². The second-order valence-electron chi connectivity index (χ2n) is 6.96. The van der Waals surface area contributed by atoms with Gasteiger partial charge < -0.3 is 39.1 Å². The summed E-state index contributed by atoms with van der Waals surface area (Å²) in [4.78, 5) is 42.0. The molecule has 0 aromatic carbocycles. The zero-order chi connectivity index (χ0) is 22.7. The van der Waals surface area contributed by atoms with Crippen LogP contribution in [-0.2, 0) is 27.9 Å². The van der Waals surface area contributed by atoms with Gasteiger partial charge in [-0.25, -0.2) is 4.98 Å². The van der Waals surface area contributed by atoms with Crippen molar-refractivity contribution in [2.24, 2.45) is 5.73 Å². The molecule has 2 aliphatic heterocycles. The van der Waals surface area contributed by atoms with E-state index in [0.717, 1.165) is 11.3 Å². The van der Waals surface area contributed by atoms with Crippen LogP contribution in [0.25, 0.3) is 0 Å². The molecule has 0 radical (unpaired) electrons. The van der Waals surface area contributed by atoms with Crippen LogP contribution in [0.1, 0.15) is 35.4 Å². The summed E-state index contributed by atoms with van der Waals surface area (Å²) in [7, 11) is -12.4. The molecule has 3 heterocycles. The summed E-state index contributed by atoms with van der Waals surface area (Å²) in [6.07, 6.45) is -3.95. The molecule has 5 N–H and O–H groups in total. The number of hydrogen-bond acceptors (Lipinski definition) is 9. The highest BCUT2D eigenvalue weighted by Gasteiger charge is 2.65. The van der Waals surface area contributed by atoms with E-state index in [1.165, 1.54) is 5.38 Å². The summed E-state index contributed by atoms with van der Waals surface area (Å²) >= 11 is 1.02. The van der Waals surface area contributed by atoms with Crippen LogP contribution in [0.5, 0.6) is 0 Å². The van der Waals surface area contributed by atoms with Gasteiger partial charge in [-0.1, -0.05) is 0 Å². The zero-order valence-corrected chi connectivity index (χ0v) is 18.0. The molecule has 0 spiro atoms. The van der Waals surface area contributed by atoms with E-state index < -0.39 is 63.3 Å². The van der Waals surface area contributed by atoms with Gasteiger partial charge in [-0.3, -0.25) is 13.9 Å². The first-order chi connectivity index (χ1) is 13.6. The summed E-state index contributed by atoms with van der Waals surface area (Å²) in [6.45, 7) is 2.17. The van der Waals surface area contributed by atoms with E-state index in [1.54, 1.807) is 13.8 Å². The number of primary amides is 1. The van der Waals surface area contributed by atoms with Crippen LogP contribution >= 0.6 is 26.5 Å². The fourth-order valence-electron chi connectivity index (χ4n) is 2.96. The predicted octanol–water partition coefficient (Wildman–Crippen LogP) is 1.13. The summed E-state index contributed by atoms with van der Waals surface area (Å²) in [5.74, 6) is -1.91. The van der Waals surface area contributed by atoms with E-state index in [-0.39, 0.29) is 10.7 Å². The predicted molar refractivity (Wildman–Crippen MR) is 94.8 cm³/mol. The number of halogens is 2. The van der Waals surface area contributed by atoms with E-state index >= 15 is 0 Å². The highest BCUT2D eigenvalue weighted by molar-refractivity contribution is 7.72. The Hall–Kier alpha value is -0.860. The summed E-state index contributed by atoms with van der Waals surface area (Å²) in [5.41, 5.74) is 5.14. The molecular formula is C13H18F2N2O10P2S. The van der Waals surface area contributed by atoms with Gasteiger partial charge in [0.2, 0.25) is 0 Å². The number of nitrogens with zero attached hydrogens (tertiary/aromatic N) is 1. The lowest BCUT2D eigenvalue weighted by Gasteiger charge is -2.26. The van der Waals surface area contributed by atoms with E-state index in [0.29, 0.717) is 0 Å². The van der Waals surface area contributed by atoms with E-state index in [4.69, 9.17) is 29.7 Å². The third kappa shape index (κ3) is 4.24. The number of thiazole rings is 1. The average molecular weight is 494 g/mol. The van der Waals surface area contributed by atoms with E-state index in [9.17, 15) is 27.6 Å². The van der Waals surface area contributed by atoms with Gasteiger partial charge in [-0.15, -0.1) is 11.3 Å². The number of hydrogen-bond donors (Lipinski definition) is 4.